The van der Waals surface area contributed by atoms with Gasteiger partial charge in [-0.15, -0.1) is 13.2 Å². The third kappa shape index (κ3) is 5.21. The maximum atomic E-state index is 12.0. The van der Waals surface area contributed by atoms with Crippen molar-refractivity contribution >= 4 is 5.78 Å². The second kappa shape index (κ2) is 6.26. The third-order valence-corrected chi connectivity index (χ3v) is 2.70. The molecule has 0 bridgehead atoms. The predicted molar refractivity (Wildman–Crippen MR) is 67.5 cm³/mol. The molecule has 0 aliphatic carbocycles. The lowest BCUT2D eigenvalue weighted by atomic mass is 9.97. The molecule has 0 radical (unpaired) electrons. The van der Waals surface area contributed by atoms with E-state index in [-0.39, 0.29) is 18.0 Å². The fourth-order valence-corrected chi connectivity index (χ4v) is 1.65. The highest BCUT2D eigenvalue weighted by Gasteiger charge is 2.31. The maximum Gasteiger partial charge on any atom is 0.573 e. The Labute approximate surface area is 115 Å². The van der Waals surface area contributed by atoms with E-state index < -0.39 is 12.0 Å². The van der Waals surface area contributed by atoms with Crippen molar-refractivity contribution in [3.63, 3.8) is 0 Å². The molecule has 20 heavy (non-hydrogen) atoms. The summed E-state index contributed by atoms with van der Waals surface area (Å²) in [6, 6.07) is 5.23. The largest absolute Gasteiger partial charge is 0.573 e. The minimum Gasteiger partial charge on any atom is -0.406 e. The van der Waals surface area contributed by atoms with E-state index in [1.165, 1.54) is 24.3 Å². The van der Waals surface area contributed by atoms with Gasteiger partial charge in [0.1, 0.15) is 11.4 Å². The van der Waals surface area contributed by atoms with E-state index in [0.29, 0.717) is 12.2 Å². The molecule has 0 aliphatic heterocycles. The highest BCUT2D eigenvalue weighted by molar-refractivity contribution is 5.88. The van der Waals surface area contributed by atoms with Gasteiger partial charge in [0.2, 0.25) is 0 Å². The molecule has 1 aromatic rings. The fourth-order valence-electron chi connectivity index (χ4n) is 1.65. The van der Waals surface area contributed by atoms with Crippen molar-refractivity contribution in [3.8, 4) is 5.75 Å². The van der Waals surface area contributed by atoms with Crippen molar-refractivity contribution in [3.05, 3.63) is 29.8 Å². The minimum absolute atomic E-state index is 0.0965. The Morgan fingerprint density at radius 1 is 1.15 bits per heavy atom. The van der Waals surface area contributed by atoms with Gasteiger partial charge in [-0.05, 0) is 38.5 Å². The Kier molecular flexibility index (Phi) is 5.16. The quantitative estimate of drug-likeness (QED) is 0.804. The van der Waals surface area contributed by atoms with E-state index in [9.17, 15) is 18.0 Å². The van der Waals surface area contributed by atoms with Gasteiger partial charge >= 0.3 is 6.36 Å². The monoisotopic (exact) mass is 290 g/mol. The topological polar surface area (TPSA) is 35.5 Å². The van der Waals surface area contributed by atoms with Crippen LogP contribution >= 0.6 is 0 Å². The number of ether oxygens (including phenoxy) is 2. The predicted octanol–water partition coefficient (Wildman–Crippen LogP) is 3.51. The summed E-state index contributed by atoms with van der Waals surface area (Å²) in [5.74, 6) is -0.443. The van der Waals surface area contributed by atoms with Crippen LogP contribution in [0.5, 0.6) is 5.75 Å². The molecule has 0 heterocycles. The fraction of sp³-hybridized carbons (Fsp3) is 0.500. The molecule has 6 heteroatoms. The summed E-state index contributed by atoms with van der Waals surface area (Å²) in [6.07, 6.45) is -4.62. The Bertz CT molecular complexity index is 450. The van der Waals surface area contributed by atoms with Crippen LogP contribution in [-0.4, -0.2) is 24.4 Å². The van der Waals surface area contributed by atoms with Crippen molar-refractivity contribution in [1.29, 1.82) is 0 Å². The van der Waals surface area contributed by atoms with Crippen molar-refractivity contribution in [2.24, 2.45) is 0 Å². The summed E-state index contributed by atoms with van der Waals surface area (Å²) in [5.41, 5.74) is -0.298. The highest BCUT2D eigenvalue weighted by Crippen LogP contribution is 2.23. The lowest BCUT2D eigenvalue weighted by molar-refractivity contribution is -0.274. The van der Waals surface area contributed by atoms with Crippen LogP contribution in [0.4, 0.5) is 13.2 Å². The first kappa shape index (κ1) is 16.5. The molecule has 0 spiro atoms. The molecule has 0 aromatic heterocycles. The zero-order chi connectivity index (χ0) is 15.4. The average Bonchev–Trinajstić information content (AvgIpc) is 2.29. The number of alkyl halides is 3. The number of Topliss-reactive ketones (excluding diaryl/α,β-unsaturated/α-hetero) is 1. The van der Waals surface area contributed by atoms with Crippen LogP contribution in [0.2, 0.25) is 0 Å². The van der Waals surface area contributed by atoms with Crippen LogP contribution in [0.25, 0.3) is 0 Å². The summed E-state index contributed by atoms with van der Waals surface area (Å²) in [6.45, 7) is 5.54. The second-order valence-corrected chi connectivity index (χ2v) is 4.74. The van der Waals surface area contributed by atoms with E-state index in [0.717, 1.165) is 0 Å². The van der Waals surface area contributed by atoms with Crippen molar-refractivity contribution < 1.29 is 27.4 Å². The number of benzene rings is 1. The molecule has 3 nitrogen and oxygen atoms in total. The number of ketones is 1. The van der Waals surface area contributed by atoms with Gasteiger partial charge < -0.3 is 9.47 Å². The van der Waals surface area contributed by atoms with Gasteiger partial charge in [-0.2, -0.15) is 0 Å². The van der Waals surface area contributed by atoms with Crippen molar-refractivity contribution in [2.75, 3.05) is 6.61 Å². The molecular formula is C14H17F3O3. The van der Waals surface area contributed by atoms with Crippen molar-refractivity contribution in [1.82, 2.24) is 0 Å². The van der Waals surface area contributed by atoms with E-state index in [1.54, 1.807) is 20.8 Å². The van der Waals surface area contributed by atoms with Crippen LogP contribution in [0, 0.1) is 0 Å². The zero-order valence-corrected chi connectivity index (χ0v) is 11.6. The molecule has 0 saturated carbocycles. The normalized spacial score (nSPS) is 12.3. The third-order valence-electron chi connectivity index (χ3n) is 2.70. The lowest BCUT2D eigenvalue weighted by Crippen LogP contribution is -2.36. The number of rotatable bonds is 6. The van der Waals surface area contributed by atoms with Gasteiger partial charge in [-0.25, -0.2) is 0 Å². The number of carbonyl (C=O) groups is 1. The van der Waals surface area contributed by atoms with E-state index in [1.807, 2.05) is 0 Å². The maximum absolute atomic E-state index is 12.0. The molecule has 0 atom stereocenters. The van der Waals surface area contributed by atoms with E-state index >= 15 is 0 Å². The second-order valence-electron chi connectivity index (χ2n) is 4.74. The summed E-state index contributed by atoms with van der Waals surface area (Å²) in [7, 11) is 0. The molecule has 112 valence electrons. The molecule has 0 fully saturated rings. The molecule has 0 aliphatic rings. The van der Waals surface area contributed by atoms with Gasteiger partial charge in [0.25, 0.3) is 0 Å². The lowest BCUT2D eigenvalue weighted by Gasteiger charge is -2.23. The zero-order valence-electron chi connectivity index (χ0n) is 11.6. The molecular weight excluding hydrogens is 273 g/mol. The molecule has 0 amide bonds. The Morgan fingerprint density at radius 3 is 2.15 bits per heavy atom. The van der Waals surface area contributed by atoms with Gasteiger partial charge in [0, 0.05) is 13.0 Å². The van der Waals surface area contributed by atoms with Gasteiger partial charge in [-0.3, -0.25) is 4.79 Å². The van der Waals surface area contributed by atoms with Gasteiger partial charge in [0.15, 0.2) is 5.78 Å². The Morgan fingerprint density at radius 2 is 1.70 bits per heavy atom. The average molecular weight is 290 g/mol. The molecule has 0 saturated heterocycles. The van der Waals surface area contributed by atoms with Gasteiger partial charge in [0.05, 0.1) is 0 Å². The summed E-state index contributed by atoms with van der Waals surface area (Å²) in [4.78, 5) is 12.0. The highest BCUT2D eigenvalue weighted by atomic mass is 19.4. The van der Waals surface area contributed by atoms with E-state index in [2.05, 4.69) is 4.74 Å². The first-order valence-electron chi connectivity index (χ1n) is 6.16. The van der Waals surface area contributed by atoms with Crippen LogP contribution in [0.3, 0.4) is 0 Å². The van der Waals surface area contributed by atoms with Crippen LogP contribution in [0.1, 0.15) is 26.3 Å². The van der Waals surface area contributed by atoms with Gasteiger partial charge in [-0.1, -0.05) is 12.1 Å². The number of halogens is 3. The minimum atomic E-state index is -4.71. The standard InChI is InChI=1S/C14H17F3O3/c1-4-19-13(2,3)12(18)9-10-5-7-11(8-6-10)20-14(15,16)17/h5-8H,4,9H2,1-3H3. The number of hydrogen-bond acceptors (Lipinski definition) is 3. The smallest absolute Gasteiger partial charge is 0.406 e. The Hall–Kier alpha value is -1.56. The van der Waals surface area contributed by atoms with Crippen molar-refractivity contribution in [2.45, 2.75) is 39.2 Å². The summed E-state index contributed by atoms with van der Waals surface area (Å²) in [5, 5.41) is 0. The first-order valence-corrected chi connectivity index (χ1v) is 6.16. The Balaban J connectivity index is 2.68. The number of hydrogen-bond donors (Lipinski definition) is 0. The molecule has 0 N–H and O–H groups in total. The summed E-state index contributed by atoms with van der Waals surface area (Å²) >= 11 is 0. The van der Waals surface area contributed by atoms with Crippen LogP contribution in [-0.2, 0) is 16.0 Å². The summed E-state index contributed by atoms with van der Waals surface area (Å²) < 4.78 is 45.1. The number of carbonyl (C=O) groups excluding carboxylic acids is 1. The van der Waals surface area contributed by atoms with Crippen LogP contribution in [0.15, 0.2) is 24.3 Å². The molecule has 0 unspecified atom stereocenters. The van der Waals surface area contributed by atoms with Crippen LogP contribution < -0.4 is 4.74 Å². The van der Waals surface area contributed by atoms with E-state index in [4.69, 9.17) is 4.74 Å². The molecule has 1 aromatic carbocycles. The SMILES string of the molecule is CCOC(C)(C)C(=O)Cc1ccc(OC(F)(F)F)cc1. The molecule has 1 rings (SSSR count). The first-order chi connectivity index (χ1) is 9.14.